The number of benzene rings is 1. The van der Waals surface area contributed by atoms with Gasteiger partial charge in [-0.15, -0.1) is 5.10 Å². The Hall–Kier alpha value is -2.24. The molecule has 1 heterocycles. The van der Waals surface area contributed by atoms with Crippen LogP contribution in [0.25, 0.3) is 5.69 Å². The average molecular weight is 263 g/mol. The van der Waals surface area contributed by atoms with Gasteiger partial charge in [0.25, 0.3) is 5.82 Å². The fourth-order valence-corrected chi connectivity index (χ4v) is 1.72. The lowest BCUT2D eigenvalue weighted by Crippen LogP contribution is -2.06. The van der Waals surface area contributed by atoms with Gasteiger partial charge in [0, 0.05) is 6.42 Å². The number of carboxylic acid groups (broad SMARTS) is 1. The molecule has 6 heteroatoms. The van der Waals surface area contributed by atoms with Crippen molar-refractivity contribution in [2.45, 2.75) is 20.3 Å². The molecule has 0 saturated carbocycles. The molecule has 0 aliphatic rings. The van der Waals surface area contributed by atoms with Gasteiger partial charge >= 0.3 is 5.97 Å². The summed E-state index contributed by atoms with van der Waals surface area (Å²) in [6, 6.07) is 5.69. The summed E-state index contributed by atoms with van der Waals surface area (Å²) < 4.78 is 14.4. The topological polar surface area (TPSA) is 68.0 Å². The van der Waals surface area contributed by atoms with Crippen LogP contribution in [0.1, 0.15) is 30.3 Å². The van der Waals surface area contributed by atoms with E-state index in [1.54, 1.807) is 12.1 Å². The average Bonchev–Trinajstić information content (AvgIpc) is 2.73. The summed E-state index contributed by atoms with van der Waals surface area (Å²) in [5, 5.41) is 12.9. The van der Waals surface area contributed by atoms with Crippen LogP contribution >= 0.6 is 0 Å². The highest BCUT2D eigenvalue weighted by atomic mass is 19.1. The zero-order valence-corrected chi connectivity index (χ0v) is 10.7. The van der Waals surface area contributed by atoms with E-state index in [-0.39, 0.29) is 11.6 Å². The molecular weight excluding hydrogens is 249 g/mol. The second kappa shape index (κ2) is 5.17. The van der Waals surface area contributed by atoms with Gasteiger partial charge in [0.2, 0.25) is 0 Å². The van der Waals surface area contributed by atoms with E-state index in [0.717, 1.165) is 0 Å². The number of hydrogen-bond acceptors (Lipinski definition) is 3. The Balaban J connectivity index is 2.47. The fraction of sp³-hybridized carbons (Fsp3) is 0.308. The number of hydrogen-bond donors (Lipinski definition) is 1. The molecule has 0 spiro atoms. The van der Waals surface area contributed by atoms with Gasteiger partial charge in [-0.1, -0.05) is 13.8 Å². The van der Waals surface area contributed by atoms with Crippen LogP contribution in [-0.4, -0.2) is 25.8 Å². The van der Waals surface area contributed by atoms with Crippen LogP contribution in [0.5, 0.6) is 0 Å². The van der Waals surface area contributed by atoms with Crippen molar-refractivity contribution < 1.29 is 14.3 Å². The van der Waals surface area contributed by atoms with Crippen molar-refractivity contribution in [2.75, 3.05) is 0 Å². The third-order valence-corrected chi connectivity index (χ3v) is 2.53. The Bertz CT molecular complexity index is 590. The Morgan fingerprint density at radius 2 is 2.00 bits per heavy atom. The summed E-state index contributed by atoms with van der Waals surface area (Å²) in [6.07, 6.45) is 0.595. The van der Waals surface area contributed by atoms with Crippen molar-refractivity contribution in [3.63, 3.8) is 0 Å². The number of aromatic carboxylic acids is 1. The van der Waals surface area contributed by atoms with Crippen molar-refractivity contribution in [1.29, 1.82) is 0 Å². The monoisotopic (exact) mass is 263 g/mol. The van der Waals surface area contributed by atoms with Crippen LogP contribution in [0.4, 0.5) is 4.39 Å². The van der Waals surface area contributed by atoms with Gasteiger partial charge in [-0.3, -0.25) is 0 Å². The van der Waals surface area contributed by atoms with E-state index in [4.69, 9.17) is 5.11 Å². The van der Waals surface area contributed by atoms with E-state index in [0.29, 0.717) is 23.9 Å². The van der Waals surface area contributed by atoms with Crippen LogP contribution in [0.2, 0.25) is 0 Å². The number of carbonyl (C=O) groups is 1. The number of nitrogens with zero attached hydrogens (tertiary/aromatic N) is 3. The predicted octanol–water partition coefficient (Wildman–Crippen LogP) is 2.30. The second-order valence-corrected chi connectivity index (χ2v) is 4.64. The highest BCUT2D eigenvalue weighted by molar-refractivity contribution is 5.83. The SMILES string of the molecule is CC(C)Cc1nc(C(=O)O)nn1-c1ccc(F)cc1. The molecule has 2 rings (SSSR count). The lowest BCUT2D eigenvalue weighted by Gasteiger charge is -2.07. The molecule has 5 nitrogen and oxygen atoms in total. The maximum Gasteiger partial charge on any atom is 0.375 e. The van der Waals surface area contributed by atoms with Crippen LogP contribution in [0.3, 0.4) is 0 Å². The number of halogens is 1. The molecule has 1 aromatic carbocycles. The number of rotatable bonds is 4. The normalized spacial score (nSPS) is 10.9. The molecule has 100 valence electrons. The van der Waals surface area contributed by atoms with Crippen LogP contribution in [0, 0.1) is 11.7 Å². The van der Waals surface area contributed by atoms with Gasteiger partial charge < -0.3 is 5.11 Å². The zero-order valence-electron chi connectivity index (χ0n) is 10.7. The summed E-state index contributed by atoms with van der Waals surface area (Å²) >= 11 is 0. The first kappa shape index (κ1) is 13.2. The largest absolute Gasteiger partial charge is 0.475 e. The predicted molar refractivity (Wildman–Crippen MR) is 66.8 cm³/mol. The second-order valence-electron chi connectivity index (χ2n) is 4.64. The molecule has 0 bridgehead atoms. The first-order chi connectivity index (χ1) is 8.97. The smallest absolute Gasteiger partial charge is 0.375 e. The Morgan fingerprint density at radius 1 is 1.37 bits per heavy atom. The van der Waals surface area contributed by atoms with Crippen molar-refractivity contribution in [3.8, 4) is 5.69 Å². The minimum absolute atomic E-state index is 0.250. The molecular formula is C13H14FN3O2. The highest BCUT2D eigenvalue weighted by Gasteiger charge is 2.17. The quantitative estimate of drug-likeness (QED) is 0.919. The maximum absolute atomic E-state index is 12.9. The van der Waals surface area contributed by atoms with Gasteiger partial charge in [-0.25, -0.2) is 18.9 Å². The Morgan fingerprint density at radius 3 is 2.53 bits per heavy atom. The van der Waals surface area contributed by atoms with E-state index in [1.165, 1.54) is 16.8 Å². The van der Waals surface area contributed by atoms with Crippen molar-refractivity contribution in [2.24, 2.45) is 5.92 Å². The molecule has 2 aromatic rings. The maximum atomic E-state index is 12.9. The summed E-state index contributed by atoms with van der Waals surface area (Å²) in [5.74, 6) is -0.914. The Labute approximate surface area is 109 Å². The van der Waals surface area contributed by atoms with Crippen molar-refractivity contribution in [1.82, 2.24) is 14.8 Å². The lowest BCUT2D eigenvalue weighted by atomic mass is 10.1. The molecule has 1 aromatic heterocycles. The van der Waals surface area contributed by atoms with E-state index in [2.05, 4.69) is 10.1 Å². The first-order valence-corrected chi connectivity index (χ1v) is 5.92. The molecule has 19 heavy (non-hydrogen) atoms. The molecule has 0 saturated heterocycles. The number of aromatic nitrogens is 3. The standard InChI is InChI=1S/C13H14FN3O2/c1-8(2)7-11-15-12(13(18)19)16-17(11)10-5-3-9(14)4-6-10/h3-6,8H,7H2,1-2H3,(H,18,19). The van der Waals surface area contributed by atoms with Crippen molar-refractivity contribution >= 4 is 5.97 Å². The third-order valence-electron chi connectivity index (χ3n) is 2.53. The number of carboxylic acids is 1. The minimum atomic E-state index is -1.18. The van der Waals surface area contributed by atoms with Gasteiger partial charge in [-0.2, -0.15) is 0 Å². The first-order valence-electron chi connectivity index (χ1n) is 5.92. The molecule has 0 radical (unpaired) electrons. The van der Waals surface area contributed by atoms with Gasteiger partial charge in [-0.05, 0) is 30.2 Å². The van der Waals surface area contributed by atoms with E-state index in [1.807, 2.05) is 13.8 Å². The van der Waals surface area contributed by atoms with Gasteiger partial charge in [0.05, 0.1) is 5.69 Å². The molecule has 0 amide bonds. The minimum Gasteiger partial charge on any atom is -0.475 e. The fourth-order valence-electron chi connectivity index (χ4n) is 1.72. The summed E-state index contributed by atoms with van der Waals surface area (Å²) in [4.78, 5) is 14.9. The summed E-state index contributed by atoms with van der Waals surface area (Å²) in [5.41, 5.74) is 0.594. The molecule has 0 aliphatic carbocycles. The summed E-state index contributed by atoms with van der Waals surface area (Å²) in [6.45, 7) is 4.01. The van der Waals surface area contributed by atoms with Gasteiger partial charge in [0.15, 0.2) is 0 Å². The van der Waals surface area contributed by atoms with E-state index in [9.17, 15) is 9.18 Å². The van der Waals surface area contributed by atoms with E-state index >= 15 is 0 Å². The molecule has 0 unspecified atom stereocenters. The Kier molecular flexibility index (Phi) is 3.59. The van der Waals surface area contributed by atoms with Crippen LogP contribution < -0.4 is 0 Å². The zero-order chi connectivity index (χ0) is 14.0. The lowest BCUT2D eigenvalue weighted by molar-refractivity contribution is 0.0683. The highest BCUT2D eigenvalue weighted by Crippen LogP contribution is 2.14. The molecule has 0 fully saturated rings. The van der Waals surface area contributed by atoms with Crippen LogP contribution in [-0.2, 0) is 6.42 Å². The van der Waals surface area contributed by atoms with Crippen molar-refractivity contribution in [3.05, 3.63) is 41.7 Å². The summed E-state index contributed by atoms with van der Waals surface area (Å²) in [7, 11) is 0. The molecule has 0 atom stereocenters. The third kappa shape index (κ3) is 2.96. The van der Waals surface area contributed by atoms with Crippen LogP contribution in [0.15, 0.2) is 24.3 Å². The van der Waals surface area contributed by atoms with E-state index < -0.39 is 5.97 Å². The molecule has 0 aliphatic heterocycles. The van der Waals surface area contributed by atoms with Gasteiger partial charge in [0.1, 0.15) is 11.6 Å². The molecule has 1 N–H and O–H groups in total.